The molecule has 2 aromatic rings. The van der Waals surface area contributed by atoms with Crippen molar-refractivity contribution in [3.63, 3.8) is 0 Å². The van der Waals surface area contributed by atoms with E-state index in [2.05, 4.69) is 5.10 Å². The lowest BCUT2D eigenvalue weighted by atomic mass is 9.92. The number of para-hydroxylation sites is 1. The first kappa shape index (κ1) is 19.6. The highest BCUT2D eigenvalue weighted by Gasteiger charge is 2.41. The maximum Gasteiger partial charge on any atom is 0.253 e. The fourth-order valence-electron chi connectivity index (χ4n) is 4.34. The van der Waals surface area contributed by atoms with Crippen molar-refractivity contribution >= 4 is 17.5 Å². The van der Waals surface area contributed by atoms with Crippen LogP contribution in [0.1, 0.15) is 30.7 Å². The van der Waals surface area contributed by atoms with Crippen LogP contribution in [0.4, 0.5) is 5.69 Å². The molecule has 1 aromatic carbocycles. The minimum absolute atomic E-state index is 0.0106. The molecule has 29 heavy (non-hydrogen) atoms. The van der Waals surface area contributed by atoms with Crippen molar-refractivity contribution in [2.24, 2.45) is 0 Å². The van der Waals surface area contributed by atoms with Gasteiger partial charge >= 0.3 is 0 Å². The Morgan fingerprint density at radius 2 is 1.97 bits per heavy atom. The van der Waals surface area contributed by atoms with E-state index in [-0.39, 0.29) is 25.0 Å². The van der Waals surface area contributed by atoms with Crippen LogP contribution in [0.3, 0.4) is 0 Å². The van der Waals surface area contributed by atoms with Gasteiger partial charge in [-0.15, -0.1) is 0 Å². The smallest absolute Gasteiger partial charge is 0.253 e. The summed E-state index contributed by atoms with van der Waals surface area (Å²) in [5.74, 6) is 0.0728. The molecule has 2 aliphatic rings. The van der Waals surface area contributed by atoms with Gasteiger partial charge in [0.2, 0.25) is 5.91 Å². The Bertz CT molecular complexity index is 895. The number of hydrogen-bond acceptors (Lipinski definition) is 4. The molecule has 0 bridgehead atoms. The number of aromatic nitrogens is 2. The van der Waals surface area contributed by atoms with Crippen LogP contribution in [0.15, 0.2) is 36.4 Å². The van der Waals surface area contributed by atoms with Gasteiger partial charge in [0.05, 0.1) is 17.8 Å². The van der Waals surface area contributed by atoms with Crippen molar-refractivity contribution in [2.75, 3.05) is 31.1 Å². The summed E-state index contributed by atoms with van der Waals surface area (Å²) in [6, 6.07) is 11.7. The summed E-state index contributed by atoms with van der Waals surface area (Å²) >= 11 is 0. The normalized spacial score (nSPS) is 22.8. The van der Waals surface area contributed by atoms with Crippen LogP contribution in [0.2, 0.25) is 0 Å². The molecule has 154 valence electrons. The predicted molar refractivity (Wildman–Crippen MR) is 110 cm³/mol. The standard InChI is InChI=1S/C22H28N4O3/c1-17-13-18(2)26(23-17)14-20(27)24-11-6-9-22(10-12-24)16-25(21(28)15-29-22)19-7-4-3-5-8-19/h3-5,7-8,13H,6,9-12,14-16H2,1-2H3. The molecule has 0 saturated carbocycles. The molecular weight excluding hydrogens is 368 g/mol. The number of hydrogen-bond donors (Lipinski definition) is 0. The van der Waals surface area contributed by atoms with Gasteiger partial charge < -0.3 is 14.5 Å². The van der Waals surface area contributed by atoms with Gasteiger partial charge in [-0.2, -0.15) is 5.10 Å². The van der Waals surface area contributed by atoms with Gasteiger partial charge in [0.25, 0.3) is 5.91 Å². The van der Waals surface area contributed by atoms with E-state index in [1.165, 1.54) is 0 Å². The Hall–Kier alpha value is -2.67. The van der Waals surface area contributed by atoms with Gasteiger partial charge in [-0.25, -0.2) is 0 Å². The highest BCUT2D eigenvalue weighted by Crippen LogP contribution is 2.32. The summed E-state index contributed by atoms with van der Waals surface area (Å²) in [6.45, 7) is 6.14. The van der Waals surface area contributed by atoms with E-state index in [0.29, 0.717) is 19.6 Å². The Morgan fingerprint density at radius 3 is 2.69 bits per heavy atom. The molecule has 0 radical (unpaired) electrons. The Labute approximate surface area is 171 Å². The monoisotopic (exact) mass is 396 g/mol. The number of benzene rings is 1. The number of carbonyl (C=O) groups excluding carboxylic acids is 2. The van der Waals surface area contributed by atoms with Gasteiger partial charge in [-0.3, -0.25) is 14.3 Å². The third-order valence-corrected chi connectivity index (χ3v) is 5.96. The Morgan fingerprint density at radius 1 is 1.17 bits per heavy atom. The van der Waals surface area contributed by atoms with Crippen LogP contribution in [0.25, 0.3) is 0 Å². The molecule has 2 amide bonds. The van der Waals surface area contributed by atoms with E-state index < -0.39 is 5.60 Å². The Kier molecular flexibility index (Phi) is 5.41. The summed E-state index contributed by atoms with van der Waals surface area (Å²) < 4.78 is 7.84. The van der Waals surface area contributed by atoms with Crippen LogP contribution in [-0.4, -0.2) is 58.3 Å². The molecule has 7 nitrogen and oxygen atoms in total. The summed E-state index contributed by atoms with van der Waals surface area (Å²) in [4.78, 5) is 29.0. The lowest BCUT2D eigenvalue weighted by molar-refractivity contribution is -0.141. The van der Waals surface area contributed by atoms with E-state index in [9.17, 15) is 9.59 Å². The summed E-state index contributed by atoms with van der Waals surface area (Å²) in [5.41, 5.74) is 2.43. The van der Waals surface area contributed by atoms with Crippen molar-refractivity contribution in [1.29, 1.82) is 0 Å². The maximum absolute atomic E-state index is 12.9. The number of carbonyl (C=O) groups is 2. The number of rotatable bonds is 3. The molecule has 1 unspecified atom stereocenters. The van der Waals surface area contributed by atoms with Crippen LogP contribution < -0.4 is 4.90 Å². The van der Waals surface area contributed by atoms with E-state index in [1.54, 1.807) is 4.68 Å². The lowest BCUT2D eigenvalue weighted by Crippen LogP contribution is -2.55. The first-order valence-electron chi connectivity index (χ1n) is 10.2. The largest absolute Gasteiger partial charge is 0.363 e. The molecule has 1 spiro atoms. The van der Waals surface area contributed by atoms with Crippen LogP contribution >= 0.6 is 0 Å². The van der Waals surface area contributed by atoms with Gasteiger partial charge in [0.1, 0.15) is 13.2 Å². The van der Waals surface area contributed by atoms with Gasteiger partial charge in [0.15, 0.2) is 0 Å². The molecule has 2 aliphatic heterocycles. The highest BCUT2D eigenvalue weighted by atomic mass is 16.5. The molecule has 7 heteroatoms. The molecule has 1 aromatic heterocycles. The molecule has 4 rings (SSSR count). The number of ether oxygens (including phenoxy) is 1. The quantitative estimate of drug-likeness (QED) is 0.799. The fraction of sp³-hybridized carbons (Fsp3) is 0.500. The maximum atomic E-state index is 12.9. The topological polar surface area (TPSA) is 67.7 Å². The van der Waals surface area contributed by atoms with Crippen molar-refractivity contribution in [2.45, 2.75) is 45.3 Å². The van der Waals surface area contributed by atoms with Gasteiger partial charge in [-0.1, -0.05) is 18.2 Å². The zero-order valence-corrected chi connectivity index (χ0v) is 17.1. The SMILES string of the molecule is Cc1cc(C)n(CC(=O)N2CCCC3(CC2)CN(c2ccccc2)C(=O)CO3)n1. The van der Waals surface area contributed by atoms with E-state index >= 15 is 0 Å². The van der Waals surface area contributed by atoms with Crippen molar-refractivity contribution < 1.29 is 14.3 Å². The molecule has 2 saturated heterocycles. The molecule has 1 atom stereocenters. The summed E-state index contributed by atoms with van der Waals surface area (Å²) in [7, 11) is 0. The number of likely N-dealkylation sites (tertiary alicyclic amines) is 1. The van der Waals surface area contributed by atoms with Crippen molar-refractivity contribution in [1.82, 2.24) is 14.7 Å². The molecule has 3 heterocycles. The second kappa shape index (κ2) is 7.99. The minimum Gasteiger partial charge on any atom is -0.363 e. The number of morpholine rings is 1. The predicted octanol–water partition coefficient (Wildman–Crippen LogP) is 2.31. The second-order valence-corrected chi connectivity index (χ2v) is 8.11. The highest BCUT2D eigenvalue weighted by molar-refractivity contribution is 5.95. The number of nitrogens with zero attached hydrogens (tertiary/aromatic N) is 4. The van der Waals surface area contributed by atoms with E-state index in [1.807, 2.05) is 60.0 Å². The first-order chi connectivity index (χ1) is 14.0. The molecule has 0 N–H and O–H groups in total. The van der Waals surface area contributed by atoms with E-state index in [0.717, 1.165) is 36.3 Å². The average molecular weight is 396 g/mol. The zero-order valence-electron chi connectivity index (χ0n) is 17.1. The first-order valence-corrected chi connectivity index (χ1v) is 10.2. The average Bonchev–Trinajstić information content (AvgIpc) is 2.90. The van der Waals surface area contributed by atoms with Crippen molar-refractivity contribution in [3.8, 4) is 0 Å². The number of amides is 2. The number of aryl methyl sites for hydroxylation is 2. The van der Waals surface area contributed by atoms with Crippen LogP contribution in [0.5, 0.6) is 0 Å². The summed E-state index contributed by atoms with van der Waals surface area (Å²) in [5, 5.41) is 4.40. The molecule has 0 aliphatic carbocycles. The van der Waals surface area contributed by atoms with Gasteiger partial charge in [-0.05, 0) is 51.3 Å². The van der Waals surface area contributed by atoms with Crippen molar-refractivity contribution in [3.05, 3.63) is 47.8 Å². The van der Waals surface area contributed by atoms with Crippen LogP contribution in [0, 0.1) is 13.8 Å². The third kappa shape index (κ3) is 4.19. The van der Waals surface area contributed by atoms with Gasteiger partial charge in [0, 0.05) is 24.5 Å². The minimum atomic E-state index is -0.392. The third-order valence-electron chi connectivity index (χ3n) is 5.96. The van der Waals surface area contributed by atoms with E-state index in [4.69, 9.17) is 4.74 Å². The second-order valence-electron chi connectivity index (χ2n) is 8.11. The lowest BCUT2D eigenvalue weighted by Gasteiger charge is -2.42. The fourth-order valence-corrected chi connectivity index (χ4v) is 4.34. The Balaban J connectivity index is 1.43. The van der Waals surface area contributed by atoms with Crippen LogP contribution in [-0.2, 0) is 20.9 Å². The molecule has 2 fully saturated rings. The molecular formula is C22H28N4O3. The number of anilines is 1. The summed E-state index contributed by atoms with van der Waals surface area (Å²) in [6.07, 6.45) is 2.43. The zero-order chi connectivity index (χ0) is 20.4.